The molecule has 1 rings (SSSR count). The molecule has 0 bridgehead atoms. The van der Waals surface area contributed by atoms with Crippen molar-refractivity contribution < 1.29 is 9.59 Å². The number of carbonyl (C=O) groups excluding carboxylic acids is 2. The van der Waals surface area contributed by atoms with E-state index in [0.717, 1.165) is 5.56 Å². The quantitative estimate of drug-likeness (QED) is 0.736. The summed E-state index contributed by atoms with van der Waals surface area (Å²) in [5.41, 5.74) is 6.59. The van der Waals surface area contributed by atoms with E-state index in [-0.39, 0.29) is 23.7 Å². The smallest absolute Gasteiger partial charge is 0.237 e. The molecule has 1 aromatic rings. The van der Waals surface area contributed by atoms with Crippen LogP contribution >= 0.6 is 0 Å². The van der Waals surface area contributed by atoms with Crippen LogP contribution in [0.4, 0.5) is 0 Å². The van der Waals surface area contributed by atoms with Gasteiger partial charge in [0.05, 0.1) is 6.04 Å². The van der Waals surface area contributed by atoms with Crippen LogP contribution in [0.15, 0.2) is 30.3 Å². The molecule has 0 aliphatic carbocycles. The Labute approximate surface area is 126 Å². The minimum Gasteiger partial charge on any atom is -0.354 e. The van der Waals surface area contributed by atoms with E-state index < -0.39 is 6.04 Å². The molecular weight excluding hydrogens is 266 g/mol. The van der Waals surface area contributed by atoms with Crippen molar-refractivity contribution >= 4 is 11.8 Å². The molecule has 0 aliphatic heterocycles. The van der Waals surface area contributed by atoms with E-state index >= 15 is 0 Å². The first kappa shape index (κ1) is 17.2. The lowest BCUT2D eigenvalue weighted by atomic mass is 9.87. The standard InChI is InChI=1S/C16H25N3O2/c1-16(2,3)14(17)15(21)18-10-9-13(20)19-11-12-7-5-4-6-8-12/h4-8,14H,9-11,17H2,1-3H3,(H,18,21)(H,19,20)/t14-/m1/s1. The largest absolute Gasteiger partial charge is 0.354 e. The van der Waals surface area contributed by atoms with Crippen LogP contribution in [0.1, 0.15) is 32.8 Å². The molecule has 0 saturated heterocycles. The molecule has 0 spiro atoms. The Morgan fingerprint density at radius 2 is 1.76 bits per heavy atom. The molecule has 0 aromatic heterocycles. The van der Waals surface area contributed by atoms with Crippen LogP contribution in [-0.2, 0) is 16.1 Å². The third kappa shape index (κ3) is 6.40. The third-order valence-corrected chi connectivity index (χ3v) is 3.20. The maximum absolute atomic E-state index is 11.8. The van der Waals surface area contributed by atoms with E-state index in [1.807, 2.05) is 51.1 Å². The van der Waals surface area contributed by atoms with Crippen molar-refractivity contribution in [2.75, 3.05) is 6.54 Å². The van der Waals surface area contributed by atoms with Gasteiger partial charge in [-0.1, -0.05) is 51.1 Å². The van der Waals surface area contributed by atoms with E-state index in [2.05, 4.69) is 10.6 Å². The number of nitrogens with one attached hydrogen (secondary N) is 2. The predicted molar refractivity (Wildman–Crippen MR) is 83.3 cm³/mol. The highest BCUT2D eigenvalue weighted by Crippen LogP contribution is 2.16. The predicted octanol–water partition coefficient (Wildman–Crippen LogP) is 1.18. The van der Waals surface area contributed by atoms with E-state index in [1.54, 1.807) is 0 Å². The summed E-state index contributed by atoms with van der Waals surface area (Å²) in [5, 5.41) is 5.50. The minimum atomic E-state index is -0.579. The fraction of sp³-hybridized carbons (Fsp3) is 0.500. The highest BCUT2D eigenvalue weighted by Gasteiger charge is 2.27. The molecule has 0 saturated carbocycles. The Bertz CT molecular complexity index is 466. The number of carbonyl (C=O) groups is 2. The monoisotopic (exact) mass is 291 g/mol. The van der Waals surface area contributed by atoms with E-state index in [0.29, 0.717) is 13.1 Å². The number of amides is 2. The van der Waals surface area contributed by atoms with Crippen LogP contribution in [0.5, 0.6) is 0 Å². The number of hydrogen-bond acceptors (Lipinski definition) is 3. The maximum Gasteiger partial charge on any atom is 0.237 e. The SMILES string of the molecule is CC(C)(C)[C@H](N)C(=O)NCCC(=O)NCc1ccccc1. The minimum absolute atomic E-state index is 0.0940. The van der Waals surface area contributed by atoms with Gasteiger partial charge in [-0.2, -0.15) is 0 Å². The number of benzene rings is 1. The van der Waals surface area contributed by atoms with E-state index in [4.69, 9.17) is 5.73 Å². The maximum atomic E-state index is 11.8. The molecule has 2 amide bonds. The van der Waals surface area contributed by atoms with Gasteiger partial charge in [0.2, 0.25) is 11.8 Å². The van der Waals surface area contributed by atoms with Crippen LogP contribution in [0.3, 0.4) is 0 Å². The molecule has 5 nitrogen and oxygen atoms in total. The summed E-state index contributed by atoms with van der Waals surface area (Å²) in [4.78, 5) is 23.5. The van der Waals surface area contributed by atoms with Gasteiger partial charge in [0, 0.05) is 19.5 Å². The Kier molecular flexibility index (Phi) is 6.37. The summed E-state index contributed by atoms with van der Waals surface area (Å²) in [6.45, 7) is 6.51. The Balaban J connectivity index is 2.23. The second-order valence-corrected chi connectivity index (χ2v) is 6.15. The van der Waals surface area contributed by atoms with Gasteiger partial charge >= 0.3 is 0 Å². The topological polar surface area (TPSA) is 84.2 Å². The summed E-state index contributed by atoms with van der Waals surface area (Å²) in [6, 6.07) is 9.10. The average Bonchev–Trinajstić information content (AvgIpc) is 2.44. The Morgan fingerprint density at radius 3 is 2.33 bits per heavy atom. The van der Waals surface area contributed by atoms with Crippen LogP contribution in [0, 0.1) is 5.41 Å². The first-order valence-corrected chi connectivity index (χ1v) is 7.14. The van der Waals surface area contributed by atoms with Gasteiger partial charge in [0.1, 0.15) is 0 Å². The zero-order valence-electron chi connectivity index (χ0n) is 13.0. The Morgan fingerprint density at radius 1 is 1.14 bits per heavy atom. The highest BCUT2D eigenvalue weighted by molar-refractivity contribution is 5.83. The highest BCUT2D eigenvalue weighted by atomic mass is 16.2. The number of hydrogen-bond donors (Lipinski definition) is 3. The first-order chi connectivity index (χ1) is 9.80. The molecule has 21 heavy (non-hydrogen) atoms. The molecule has 0 radical (unpaired) electrons. The van der Waals surface area contributed by atoms with Crippen molar-refractivity contribution in [1.29, 1.82) is 0 Å². The zero-order valence-corrected chi connectivity index (χ0v) is 13.0. The molecule has 0 aliphatic rings. The van der Waals surface area contributed by atoms with Gasteiger partial charge in [0.25, 0.3) is 0 Å². The summed E-state index contributed by atoms with van der Waals surface area (Å²) in [7, 11) is 0. The van der Waals surface area contributed by atoms with Crippen molar-refractivity contribution in [3.8, 4) is 0 Å². The van der Waals surface area contributed by atoms with Crippen LogP contribution in [-0.4, -0.2) is 24.4 Å². The molecular formula is C16H25N3O2. The summed E-state index contributed by atoms with van der Waals surface area (Å²) >= 11 is 0. The lowest BCUT2D eigenvalue weighted by Gasteiger charge is -2.25. The van der Waals surface area contributed by atoms with Crippen molar-refractivity contribution in [3.63, 3.8) is 0 Å². The zero-order chi connectivity index (χ0) is 15.9. The van der Waals surface area contributed by atoms with Crippen LogP contribution in [0.25, 0.3) is 0 Å². The van der Waals surface area contributed by atoms with Crippen molar-refractivity contribution in [3.05, 3.63) is 35.9 Å². The fourth-order valence-corrected chi connectivity index (χ4v) is 1.69. The number of nitrogens with two attached hydrogens (primary N) is 1. The van der Waals surface area contributed by atoms with Gasteiger partial charge < -0.3 is 16.4 Å². The van der Waals surface area contributed by atoms with Crippen molar-refractivity contribution in [1.82, 2.24) is 10.6 Å². The summed E-state index contributed by atoms with van der Waals surface area (Å²) in [6.07, 6.45) is 0.245. The number of rotatable bonds is 6. The van der Waals surface area contributed by atoms with Gasteiger partial charge in [-0.25, -0.2) is 0 Å². The first-order valence-electron chi connectivity index (χ1n) is 7.14. The molecule has 5 heteroatoms. The fourth-order valence-electron chi connectivity index (χ4n) is 1.69. The Hall–Kier alpha value is -1.88. The van der Waals surface area contributed by atoms with Gasteiger partial charge in [0.15, 0.2) is 0 Å². The van der Waals surface area contributed by atoms with Gasteiger partial charge in [-0.05, 0) is 11.0 Å². The molecule has 1 aromatic carbocycles. The third-order valence-electron chi connectivity index (χ3n) is 3.20. The normalized spacial score (nSPS) is 12.6. The van der Waals surface area contributed by atoms with Crippen molar-refractivity contribution in [2.24, 2.45) is 11.1 Å². The van der Waals surface area contributed by atoms with Gasteiger partial charge in [-0.15, -0.1) is 0 Å². The molecule has 116 valence electrons. The molecule has 0 unspecified atom stereocenters. The van der Waals surface area contributed by atoms with Crippen molar-refractivity contribution in [2.45, 2.75) is 39.8 Å². The molecule has 0 fully saturated rings. The lowest BCUT2D eigenvalue weighted by Crippen LogP contribution is -2.49. The van der Waals surface area contributed by atoms with Gasteiger partial charge in [-0.3, -0.25) is 9.59 Å². The van der Waals surface area contributed by atoms with Crippen LogP contribution in [0.2, 0.25) is 0 Å². The molecule has 0 heterocycles. The second kappa shape index (κ2) is 7.78. The average molecular weight is 291 g/mol. The molecule has 1 atom stereocenters. The summed E-state index contributed by atoms with van der Waals surface area (Å²) < 4.78 is 0. The van der Waals surface area contributed by atoms with E-state index in [9.17, 15) is 9.59 Å². The van der Waals surface area contributed by atoms with Crippen LogP contribution < -0.4 is 16.4 Å². The summed E-state index contributed by atoms with van der Waals surface area (Å²) in [5.74, 6) is -0.318. The van der Waals surface area contributed by atoms with E-state index in [1.165, 1.54) is 0 Å². The lowest BCUT2D eigenvalue weighted by molar-refractivity contribution is -0.124. The second-order valence-electron chi connectivity index (χ2n) is 6.15. The molecule has 4 N–H and O–H groups in total.